The van der Waals surface area contributed by atoms with Gasteiger partial charge in [-0.3, -0.25) is 9.69 Å². The molecule has 1 aromatic carbocycles. The van der Waals surface area contributed by atoms with Crippen molar-refractivity contribution in [3.63, 3.8) is 0 Å². The molecule has 1 aliphatic carbocycles. The molecule has 2 aromatic rings. The van der Waals surface area contributed by atoms with E-state index in [9.17, 15) is 4.79 Å². The van der Waals surface area contributed by atoms with Crippen LogP contribution in [0.5, 0.6) is 0 Å². The Bertz CT molecular complexity index is 789. The molecule has 1 saturated heterocycles. The van der Waals surface area contributed by atoms with Gasteiger partial charge in [-0.2, -0.15) is 0 Å². The molecule has 4 N–H and O–H groups in total. The molecule has 2 aliphatic rings. The number of anilines is 1. The van der Waals surface area contributed by atoms with Crippen molar-refractivity contribution < 1.29 is 14.6 Å². The number of aliphatic hydroxyl groups is 1. The largest absolute Gasteiger partial charge is 0.393 e. The molecule has 0 bridgehead atoms. The minimum atomic E-state index is -0.104. The zero-order chi connectivity index (χ0) is 20.5. The second-order valence-electron chi connectivity index (χ2n) is 7.50. The van der Waals surface area contributed by atoms with Crippen LogP contribution in [0, 0.1) is 0 Å². The first-order valence-corrected chi connectivity index (χ1v) is 10.4. The third-order valence-electron chi connectivity index (χ3n) is 5.26. The smallest absolute Gasteiger partial charge is 0.251 e. The van der Waals surface area contributed by atoms with E-state index in [-0.39, 0.29) is 18.0 Å². The fraction of sp³-hybridized carbons (Fsp3) is 0.571. The highest BCUT2D eigenvalue weighted by molar-refractivity contribution is 5.97. The second kappa shape index (κ2) is 11.0. The Labute approximate surface area is 171 Å². The molecule has 29 heavy (non-hydrogen) atoms. The van der Waals surface area contributed by atoms with E-state index < -0.39 is 0 Å². The highest BCUT2D eigenvalue weighted by atomic mass is 16.5. The number of carbonyl (C=O) groups excluding carboxylic acids is 1. The molecule has 1 aromatic heterocycles. The Morgan fingerprint density at radius 3 is 2.69 bits per heavy atom. The molecule has 0 unspecified atom stereocenters. The average molecular weight is 402 g/mol. The SMILES string of the molecule is Nc1ncc2ccc(C(=O)NCCN3CCOCC3)cc2n1.OC1CCCCC1. The van der Waals surface area contributed by atoms with Gasteiger partial charge >= 0.3 is 0 Å². The Morgan fingerprint density at radius 2 is 2.00 bits per heavy atom. The van der Waals surface area contributed by atoms with Crippen LogP contribution in [-0.4, -0.2) is 71.4 Å². The number of nitrogens with two attached hydrogens (primary N) is 1. The summed E-state index contributed by atoms with van der Waals surface area (Å²) in [5.74, 6) is 0.102. The molecule has 0 spiro atoms. The van der Waals surface area contributed by atoms with Crippen LogP contribution in [0.4, 0.5) is 5.95 Å². The monoisotopic (exact) mass is 401 g/mol. The van der Waals surface area contributed by atoms with Crippen molar-refractivity contribution in [2.75, 3.05) is 45.1 Å². The van der Waals surface area contributed by atoms with E-state index in [2.05, 4.69) is 20.2 Å². The number of morpholine rings is 1. The van der Waals surface area contributed by atoms with E-state index in [0.717, 1.165) is 51.1 Å². The maximum absolute atomic E-state index is 12.2. The van der Waals surface area contributed by atoms with Gasteiger partial charge in [-0.1, -0.05) is 25.3 Å². The topological polar surface area (TPSA) is 114 Å². The molecule has 2 heterocycles. The van der Waals surface area contributed by atoms with Crippen LogP contribution in [0.2, 0.25) is 0 Å². The summed E-state index contributed by atoms with van der Waals surface area (Å²) >= 11 is 0. The van der Waals surface area contributed by atoms with Crippen LogP contribution < -0.4 is 11.1 Å². The van der Waals surface area contributed by atoms with Crippen molar-refractivity contribution >= 4 is 22.8 Å². The Kier molecular flexibility index (Phi) is 8.15. The van der Waals surface area contributed by atoms with Gasteiger partial charge in [0.15, 0.2) is 0 Å². The third-order valence-corrected chi connectivity index (χ3v) is 5.26. The molecule has 8 heteroatoms. The molecule has 1 amide bonds. The van der Waals surface area contributed by atoms with E-state index in [0.29, 0.717) is 17.6 Å². The predicted molar refractivity (Wildman–Crippen MR) is 113 cm³/mol. The minimum Gasteiger partial charge on any atom is -0.393 e. The van der Waals surface area contributed by atoms with Gasteiger partial charge < -0.3 is 20.9 Å². The van der Waals surface area contributed by atoms with Gasteiger partial charge in [-0.05, 0) is 25.0 Å². The molecule has 2 fully saturated rings. The maximum Gasteiger partial charge on any atom is 0.251 e. The number of nitrogens with one attached hydrogen (secondary N) is 1. The van der Waals surface area contributed by atoms with Crippen LogP contribution in [-0.2, 0) is 4.74 Å². The summed E-state index contributed by atoms with van der Waals surface area (Å²) in [5, 5.41) is 12.7. The van der Waals surface area contributed by atoms with Gasteiger partial charge in [0, 0.05) is 43.3 Å². The Morgan fingerprint density at radius 1 is 1.24 bits per heavy atom. The van der Waals surface area contributed by atoms with Gasteiger partial charge in [0.25, 0.3) is 5.91 Å². The number of amides is 1. The van der Waals surface area contributed by atoms with E-state index in [1.165, 1.54) is 19.3 Å². The average Bonchev–Trinajstić information content (AvgIpc) is 2.75. The molecule has 8 nitrogen and oxygen atoms in total. The zero-order valence-electron chi connectivity index (χ0n) is 16.8. The van der Waals surface area contributed by atoms with Crippen LogP contribution in [0.1, 0.15) is 42.5 Å². The summed E-state index contributed by atoms with van der Waals surface area (Å²) in [6, 6.07) is 5.33. The lowest BCUT2D eigenvalue weighted by Crippen LogP contribution is -2.41. The summed E-state index contributed by atoms with van der Waals surface area (Å²) in [5.41, 5.74) is 6.83. The molecule has 1 saturated carbocycles. The molecular weight excluding hydrogens is 370 g/mol. The first-order valence-electron chi connectivity index (χ1n) is 10.4. The van der Waals surface area contributed by atoms with Crippen molar-refractivity contribution in [3.05, 3.63) is 30.0 Å². The van der Waals surface area contributed by atoms with Crippen LogP contribution >= 0.6 is 0 Å². The molecule has 4 rings (SSSR count). The van der Waals surface area contributed by atoms with Gasteiger partial charge in [-0.25, -0.2) is 9.97 Å². The number of aliphatic hydroxyl groups excluding tert-OH is 1. The lowest BCUT2D eigenvalue weighted by Gasteiger charge is -2.26. The first kappa shape index (κ1) is 21.4. The number of nitrogens with zero attached hydrogens (tertiary/aromatic N) is 3. The fourth-order valence-corrected chi connectivity index (χ4v) is 3.51. The molecule has 1 aliphatic heterocycles. The number of hydrogen-bond acceptors (Lipinski definition) is 7. The van der Waals surface area contributed by atoms with Crippen molar-refractivity contribution in [2.24, 2.45) is 0 Å². The van der Waals surface area contributed by atoms with E-state index in [1.807, 2.05) is 6.07 Å². The van der Waals surface area contributed by atoms with Gasteiger partial charge in [-0.15, -0.1) is 0 Å². The Balaban J connectivity index is 0.000000290. The fourth-order valence-electron chi connectivity index (χ4n) is 3.51. The van der Waals surface area contributed by atoms with Gasteiger partial charge in [0.05, 0.1) is 24.8 Å². The number of rotatable bonds is 4. The number of aromatic nitrogens is 2. The van der Waals surface area contributed by atoms with Gasteiger partial charge in [0.2, 0.25) is 5.95 Å². The predicted octanol–water partition coefficient (Wildman–Crippen LogP) is 1.59. The van der Waals surface area contributed by atoms with Gasteiger partial charge in [0.1, 0.15) is 0 Å². The number of benzene rings is 1. The summed E-state index contributed by atoms with van der Waals surface area (Å²) in [6.07, 6.45) is 7.57. The van der Waals surface area contributed by atoms with Crippen molar-refractivity contribution in [1.29, 1.82) is 0 Å². The van der Waals surface area contributed by atoms with Crippen LogP contribution in [0.15, 0.2) is 24.4 Å². The number of ether oxygens (including phenoxy) is 1. The van der Waals surface area contributed by atoms with Crippen molar-refractivity contribution in [2.45, 2.75) is 38.2 Å². The number of carbonyl (C=O) groups is 1. The summed E-state index contributed by atoms with van der Waals surface area (Å²) in [6.45, 7) is 4.81. The van der Waals surface area contributed by atoms with E-state index in [1.54, 1.807) is 18.3 Å². The molecule has 0 atom stereocenters. The molecule has 158 valence electrons. The standard InChI is InChI=1S/C15H19N5O2.C6H12O/c16-15-18-10-12-2-1-11(9-13(12)19-15)14(21)17-3-4-20-5-7-22-8-6-20;7-6-4-2-1-3-5-6/h1-2,9-10H,3-8H2,(H,17,21)(H2,16,18,19);6-7H,1-5H2. The lowest BCUT2D eigenvalue weighted by atomic mass is 9.98. The van der Waals surface area contributed by atoms with Crippen molar-refractivity contribution in [1.82, 2.24) is 20.2 Å². The second-order valence-corrected chi connectivity index (χ2v) is 7.50. The minimum absolute atomic E-state index is 0.0359. The van der Waals surface area contributed by atoms with Crippen LogP contribution in [0.25, 0.3) is 10.9 Å². The number of hydrogen-bond donors (Lipinski definition) is 3. The summed E-state index contributed by atoms with van der Waals surface area (Å²) in [4.78, 5) is 22.5. The normalized spacial score (nSPS) is 18.1. The zero-order valence-corrected chi connectivity index (χ0v) is 16.8. The molecule has 0 radical (unpaired) electrons. The summed E-state index contributed by atoms with van der Waals surface area (Å²) in [7, 11) is 0. The highest BCUT2D eigenvalue weighted by Gasteiger charge is 2.11. The van der Waals surface area contributed by atoms with E-state index >= 15 is 0 Å². The summed E-state index contributed by atoms with van der Waals surface area (Å²) < 4.78 is 5.30. The maximum atomic E-state index is 12.2. The van der Waals surface area contributed by atoms with Crippen molar-refractivity contribution in [3.8, 4) is 0 Å². The Hall–Kier alpha value is -2.29. The van der Waals surface area contributed by atoms with Crippen LogP contribution in [0.3, 0.4) is 0 Å². The first-order chi connectivity index (χ1) is 14.1. The number of fused-ring (bicyclic) bond motifs is 1. The third kappa shape index (κ3) is 6.92. The lowest BCUT2D eigenvalue weighted by molar-refractivity contribution is 0.0383. The highest BCUT2D eigenvalue weighted by Crippen LogP contribution is 2.16. The molecular formula is C21H31N5O3. The number of nitrogen functional groups attached to an aromatic ring is 1. The van der Waals surface area contributed by atoms with E-state index in [4.69, 9.17) is 15.6 Å². The quantitative estimate of drug-likeness (QED) is 0.713.